The van der Waals surface area contributed by atoms with Gasteiger partial charge < -0.3 is 4.57 Å². The number of hydrazone groups is 1. The Balaban J connectivity index is 1.59. The number of carbonyl (C=O) groups excluding carboxylic acids is 1. The number of benzene rings is 2. The molecule has 0 bridgehead atoms. The lowest BCUT2D eigenvalue weighted by molar-refractivity contribution is -0.118. The number of amides is 1. The summed E-state index contributed by atoms with van der Waals surface area (Å²) < 4.78 is 2.21. The van der Waals surface area contributed by atoms with Gasteiger partial charge in [-0.2, -0.15) is 5.10 Å². The summed E-state index contributed by atoms with van der Waals surface area (Å²) in [5.74, 6) is 0.946. The normalized spacial score (nSPS) is 11.2. The minimum atomic E-state index is -0.124. The van der Waals surface area contributed by atoms with E-state index in [9.17, 15) is 4.79 Å². The van der Waals surface area contributed by atoms with Crippen LogP contribution in [-0.4, -0.2) is 22.4 Å². The van der Waals surface area contributed by atoms with Crippen LogP contribution >= 0.6 is 23.4 Å². The van der Waals surface area contributed by atoms with Gasteiger partial charge in [-0.1, -0.05) is 29.8 Å². The molecule has 30 heavy (non-hydrogen) atoms. The van der Waals surface area contributed by atoms with Crippen molar-refractivity contribution in [2.24, 2.45) is 5.10 Å². The van der Waals surface area contributed by atoms with Gasteiger partial charge in [0.05, 0.1) is 12.0 Å². The van der Waals surface area contributed by atoms with Gasteiger partial charge >= 0.3 is 0 Å². The molecule has 0 saturated heterocycles. The largest absolute Gasteiger partial charge is 0.318 e. The van der Waals surface area contributed by atoms with Crippen LogP contribution in [0.1, 0.15) is 33.6 Å². The fourth-order valence-corrected chi connectivity index (χ4v) is 4.47. The lowest BCUT2D eigenvalue weighted by atomic mass is 10.1. The Morgan fingerprint density at radius 1 is 1.10 bits per heavy atom. The van der Waals surface area contributed by atoms with Gasteiger partial charge in [0.2, 0.25) is 5.91 Å². The van der Waals surface area contributed by atoms with E-state index in [1.54, 1.807) is 6.21 Å². The zero-order chi connectivity index (χ0) is 21.7. The van der Waals surface area contributed by atoms with E-state index in [4.69, 9.17) is 11.6 Å². The highest BCUT2D eigenvalue weighted by atomic mass is 35.5. The number of rotatable bonds is 7. The molecule has 0 aliphatic heterocycles. The summed E-state index contributed by atoms with van der Waals surface area (Å²) in [5, 5.41) is 4.86. The van der Waals surface area contributed by atoms with Crippen molar-refractivity contribution in [1.82, 2.24) is 9.99 Å². The average Bonchev–Trinajstić information content (AvgIpc) is 2.94. The smallest absolute Gasteiger partial charge is 0.250 e. The summed E-state index contributed by atoms with van der Waals surface area (Å²) in [6.45, 7) is 8.35. The van der Waals surface area contributed by atoms with Crippen LogP contribution in [0, 0.1) is 27.7 Å². The Kier molecular flexibility index (Phi) is 7.40. The molecule has 0 atom stereocenters. The van der Waals surface area contributed by atoms with Crippen LogP contribution in [-0.2, 0) is 10.5 Å². The van der Waals surface area contributed by atoms with E-state index in [-0.39, 0.29) is 5.91 Å². The van der Waals surface area contributed by atoms with Gasteiger partial charge in [0.1, 0.15) is 0 Å². The first kappa shape index (κ1) is 22.2. The molecule has 1 aromatic heterocycles. The number of hydrogen-bond donors (Lipinski definition) is 1. The van der Waals surface area contributed by atoms with Crippen molar-refractivity contribution < 1.29 is 4.79 Å². The number of hydrogen-bond acceptors (Lipinski definition) is 3. The van der Waals surface area contributed by atoms with E-state index in [1.807, 2.05) is 24.3 Å². The summed E-state index contributed by atoms with van der Waals surface area (Å²) in [7, 11) is 0. The molecule has 3 rings (SSSR count). The lowest BCUT2D eigenvalue weighted by Crippen LogP contribution is -2.19. The lowest BCUT2D eigenvalue weighted by Gasteiger charge is -2.11. The third kappa shape index (κ3) is 5.77. The second-order valence-electron chi connectivity index (χ2n) is 7.42. The van der Waals surface area contributed by atoms with Crippen molar-refractivity contribution in [3.63, 3.8) is 0 Å². The summed E-state index contributed by atoms with van der Waals surface area (Å²) in [6.07, 6.45) is 1.71. The maximum absolute atomic E-state index is 12.1. The fraction of sp³-hybridized carbons (Fsp3) is 0.250. The molecule has 0 unspecified atom stereocenters. The van der Waals surface area contributed by atoms with Crippen LogP contribution in [0.2, 0.25) is 5.02 Å². The molecular formula is C24H26ClN3OS. The van der Waals surface area contributed by atoms with Gasteiger partial charge in [-0.25, -0.2) is 5.43 Å². The van der Waals surface area contributed by atoms with Gasteiger partial charge in [0, 0.05) is 33.4 Å². The molecule has 0 saturated carbocycles. The third-order valence-electron chi connectivity index (χ3n) is 4.72. The molecule has 0 fully saturated rings. The van der Waals surface area contributed by atoms with Crippen molar-refractivity contribution in [2.45, 2.75) is 33.4 Å². The highest BCUT2D eigenvalue weighted by molar-refractivity contribution is 7.99. The van der Waals surface area contributed by atoms with Crippen molar-refractivity contribution >= 4 is 35.5 Å². The molecule has 156 valence electrons. The first-order valence-electron chi connectivity index (χ1n) is 9.75. The minimum absolute atomic E-state index is 0.124. The van der Waals surface area contributed by atoms with Crippen LogP contribution in [0.4, 0.5) is 0 Å². The van der Waals surface area contributed by atoms with Crippen LogP contribution < -0.4 is 5.43 Å². The highest BCUT2D eigenvalue weighted by Gasteiger charge is 2.10. The summed E-state index contributed by atoms with van der Waals surface area (Å²) in [5.41, 5.74) is 10.5. The van der Waals surface area contributed by atoms with Crippen LogP contribution in [0.5, 0.6) is 0 Å². The van der Waals surface area contributed by atoms with Crippen LogP contribution in [0.15, 0.2) is 53.6 Å². The average molecular weight is 440 g/mol. The number of carbonyl (C=O) groups is 1. The topological polar surface area (TPSA) is 46.4 Å². The van der Waals surface area contributed by atoms with Gasteiger partial charge in [-0.3, -0.25) is 4.79 Å². The summed E-state index contributed by atoms with van der Waals surface area (Å²) in [6, 6.07) is 16.3. The number of nitrogens with one attached hydrogen (secondary N) is 1. The number of aryl methyl sites for hydroxylation is 3. The summed E-state index contributed by atoms with van der Waals surface area (Å²) >= 11 is 7.51. The molecule has 1 amide bonds. The standard InChI is InChI=1S/C24H26ClN3OS/c1-16-8-17(2)10-23(9-16)28-18(3)11-21(19(28)4)13-26-27-24(29)15-30-14-20-6-5-7-22(25)12-20/h5-13H,14-15H2,1-4H3,(H,27,29)/b26-13-. The van der Waals surface area contributed by atoms with Crippen molar-refractivity contribution in [2.75, 3.05) is 5.75 Å². The van der Waals surface area contributed by atoms with E-state index in [1.165, 1.54) is 22.9 Å². The molecule has 4 nitrogen and oxygen atoms in total. The van der Waals surface area contributed by atoms with Gasteiger partial charge in [0.15, 0.2) is 0 Å². The number of nitrogens with zero attached hydrogens (tertiary/aromatic N) is 2. The van der Waals surface area contributed by atoms with E-state index in [0.717, 1.165) is 34.0 Å². The maximum Gasteiger partial charge on any atom is 0.250 e. The van der Waals surface area contributed by atoms with Gasteiger partial charge in [0.25, 0.3) is 0 Å². The van der Waals surface area contributed by atoms with Crippen molar-refractivity contribution in [3.05, 3.63) is 87.2 Å². The molecule has 0 spiro atoms. The fourth-order valence-electron chi connectivity index (χ4n) is 3.49. The first-order valence-corrected chi connectivity index (χ1v) is 11.3. The molecule has 0 radical (unpaired) electrons. The van der Waals surface area contributed by atoms with Gasteiger partial charge in [-0.15, -0.1) is 11.8 Å². The zero-order valence-corrected chi connectivity index (χ0v) is 19.3. The highest BCUT2D eigenvalue weighted by Crippen LogP contribution is 2.22. The molecule has 2 aromatic carbocycles. The Morgan fingerprint density at radius 3 is 2.53 bits per heavy atom. The first-order chi connectivity index (χ1) is 14.3. The molecule has 3 aromatic rings. The van der Waals surface area contributed by atoms with E-state index in [0.29, 0.717) is 10.8 Å². The molecule has 1 N–H and O–H groups in total. The molecule has 1 heterocycles. The van der Waals surface area contributed by atoms with Crippen molar-refractivity contribution in [3.8, 4) is 5.69 Å². The molecular weight excluding hydrogens is 414 g/mol. The van der Waals surface area contributed by atoms with E-state index >= 15 is 0 Å². The second kappa shape index (κ2) is 10.0. The molecule has 0 aliphatic carbocycles. The summed E-state index contributed by atoms with van der Waals surface area (Å²) in [4.78, 5) is 12.1. The van der Waals surface area contributed by atoms with Crippen LogP contribution in [0.3, 0.4) is 0 Å². The monoisotopic (exact) mass is 439 g/mol. The number of aromatic nitrogens is 1. The quantitative estimate of drug-likeness (QED) is 0.376. The van der Waals surface area contributed by atoms with Gasteiger partial charge in [-0.05, 0) is 74.7 Å². The van der Waals surface area contributed by atoms with Crippen molar-refractivity contribution in [1.29, 1.82) is 0 Å². The Morgan fingerprint density at radius 2 is 1.83 bits per heavy atom. The molecule has 6 heteroatoms. The minimum Gasteiger partial charge on any atom is -0.318 e. The van der Waals surface area contributed by atoms with Crippen LogP contribution in [0.25, 0.3) is 5.69 Å². The SMILES string of the molecule is Cc1cc(C)cc(-n2c(C)cc(/C=N\NC(=O)CSCc3cccc(Cl)c3)c2C)c1. The predicted molar refractivity (Wildman–Crippen MR) is 128 cm³/mol. The molecule has 0 aliphatic rings. The maximum atomic E-state index is 12.1. The second-order valence-corrected chi connectivity index (χ2v) is 8.85. The third-order valence-corrected chi connectivity index (χ3v) is 5.96. The Hall–Kier alpha value is -2.50. The van der Waals surface area contributed by atoms with E-state index < -0.39 is 0 Å². The number of thioether (sulfide) groups is 1. The number of halogens is 1. The zero-order valence-electron chi connectivity index (χ0n) is 17.7. The predicted octanol–water partition coefficient (Wildman–Crippen LogP) is 5.75. The Bertz CT molecular complexity index is 1070. The van der Waals surface area contributed by atoms with E-state index in [2.05, 4.69) is 67.1 Å². The Labute approximate surface area is 187 Å².